The third-order valence-corrected chi connectivity index (χ3v) is 5.02. The number of amides is 1. The summed E-state index contributed by atoms with van der Waals surface area (Å²) in [6.07, 6.45) is 2.53. The molecule has 31 heavy (non-hydrogen) atoms. The number of aromatic amines is 1. The number of hydrogen-bond acceptors (Lipinski definition) is 5. The summed E-state index contributed by atoms with van der Waals surface area (Å²) in [5, 5.41) is 8.23. The van der Waals surface area contributed by atoms with Gasteiger partial charge >= 0.3 is 0 Å². The smallest absolute Gasteiger partial charge is 0.267 e. The van der Waals surface area contributed by atoms with Gasteiger partial charge in [0.05, 0.1) is 38.2 Å². The van der Waals surface area contributed by atoms with Crippen LogP contribution in [0.2, 0.25) is 0 Å². The third-order valence-electron chi connectivity index (χ3n) is 5.02. The van der Waals surface area contributed by atoms with Gasteiger partial charge in [-0.05, 0) is 24.3 Å². The van der Waals surface area contributed by atoms with Crippen LogP contribution in [-0.4, -0.2) is 48.5 Å². The lowest BCUT2D eigenvalue weighted by molar-refractivity contribution is 0.0950. The van der Waals surface area contributed by atoms with Crippen molar-refractivity contribution in [2.45, 2.75) is 6.42 Å². The predicted molar refractivity (Wildman–Crippen MR) is 118 cm³/mol. The molecule has 1 amide bonds. The van der Waals surface area contributed by atoms with Crippen LogP contribution in [0.15, 0.2) is 54.7 Å². The van der Waals surface area contributed by atoms with Gasteiger partial charge in [-0.2, -0.15) is 5.10 Å². The fourth-order valence-electron chi connectivity index (χ4n) is 3.48. The molecule has 8 nitrogen and oxygen atoms in total. The number of ether oxygens (including phenoxy) is 3. The third kappa shape index (κ3) is 4.05. The van der Waals surface area contributed by atoms with Crippen molar-refractivity contribution < 1.29 is 19.0 Å². The molecule has 0 spiro atoms. The number of carbonyl (C=O) groups excluding carboxylic acids is 1. The fourth-order valence-corrected chi connectivity index (χ4v) is 3.48. The zero-order valence-corrected chi connectivity index (χ0v) is 17.6. The second-order valence-corrected chi connectivity index (χ2v) is 6.88. The lowest BCUT2D eigenvalue weighted by Gasteiger charge is -2.11. The van der Waals surface area contributed by atoms with E-state index in [1.807, 2.05) is 47.3 Å². The Hall–Kier alpha value is -3.94. The number of carbonyl (C=O) groups is 1. The maximum Gasteiger partial charge on any atom is 0.267 e. The maximum atomic E-state index is 12.7. The molecule has 2 aromatic heterocycles. The molecule has 0 radical (unpaired) electrons. The van der Waals surface area contributed by atoms with E-state index in [1.165, 1.54) is 0 Å². The molecular weight excluding hydrogens is 396 g/mol. The van der Waals surface area contributed by atoms with E-state index in [0.29, 0.717) is 41.4 Å². The van der Waals surface area contributed by atoms with E-state index in [-0.39, 0.29) is 5.91 Å². The van der Waals surface area contributed by atoms with Crippen LogP contribution < -0.4 is 19.5 Å². The van der Waals surface area contributed by atoms with E-state index in [9.17, 15) is 4.79 Å². The Balaban J connectivity index is 1.46. The molecule has 0 unspecified atom stereocenters. The number of benzene rings is 2. The van der Waals surface area contributed by atoms with Crippen LogP contribution >= 0.6 is 0 Å². The molecule has 0 bridgehead atoms. The van der Waals surface area contributed by atoms with Gasteiger partial charge in [-0.15, -0.1) is 0 Å². The molecule has 0 saturated carbocycles. The molecular formula is C23H24N4O4. The van der Waals surface area contributed by atoms with E-state index < -0.39 is 0 Å². The standard InChI is InChI=1S/C23H24N4O4/c1-29-19-14-20(30-2)22(31-3)21-17(19)13-18(25-21)23(28)24-11-9-15-10-12-27(26-15)16-7-5-4-6-8-16/h4-8,10,12-14,25H,9,11H2,1-3H3,(H,24,28). The number of nitrogens with zero attached hydrogens (tertiary/aromatic N) is 2. The largest absolute Gasteiger partial charge is 0.496 e. The Kier molecular flexibility index (Phi) is 5.79. The van der Waals surface area contributed by atoms with Gasteiger partial charge in [0, 0.05) is 30.6 Å². The van der Waals surface area contributed by atoms with Gasteiger partial charge < -0.3 is 24.5 Å². The summed E-state index contributed by atoms with van der Waals surface area (Å²) in [7, 11) is 4.68. The van der Waals surface area contributed by atoms with E-state index >= 15 is 0 Å². The molecule has 0 aliphatic heterocycles. The molecule has 0 aliphatic rings. The first kappa shape index (κ1) is 20.3. The van der Waals surface area contributed by atoms with Crippen molar-refractivity contribution in [3.63, 3.8) is 0 Å². The highest BCUT2D eigenvalue weighted by Gasteiger charge is 2.19. The number of aromatic nitrogens is 3. The van der Waals surface area contributed by atoms with Crippen molar-refractivity contribution in [1.29, 1.82) is 0 Å². The number of methoxy groups -OCH3 is 3. The van der Waals surface area contributed by atoms with E-state index in [0.717, 1.165) is 16.8 Å². The predicted octanol–water partition coefficient (Wildman–Crippen LogP) is 3.35. The zero-order chi connectivity index (χ0) is 21.8. The monoisotopic (exact) mass is 420 g/mol. The molecule has 2 heterocycles. The van der Waals surface area contributed by atoms with Gasteiger partial charge in [-0.25, -0.2) is 4.68 Å². The Morgan fingerprint density at radius 3 is 2.52 bits per heavy atom. The van der Waals surface area contributed by atoms with Crippen LogP contribution in [0.1, 0.15) is 16.2 Å². The lowest BCUT2D eigenvalue weighted by Crippen LogP contribution is -2.26. The summed E-state index contributed by atoms with van der Waals surface area (Å²) in [5.41, 5.74) is 2.95. The molecule has 0 fully saturated rings. The van der Waals surface area contributed by atoms with E-state index in [1.54, 1.807) is 33.5 Å². The van der Waals surface area contributed by atoms with Crippen LogP contribution in [0.3, 0.4) is 0 Å². The van der Waals surface area contributed by atoms with E-state index in [2.05, 4.69) is 15.4 Å². The molecule has 8 heteroatoms. The van der Waals surface area contributed by atoms with Crippen molar-refractivity contribution in [2.75, 3.05) is 27.9 Å². The normalized spacial score (nSPS) is 10.8. The van der Waals surface area contributed by atoms with E-state index in [4.69, 9.17) is 14.2 Å². The number of hydrogen-bond donors (Lipinski definition) is 2. The summed E-state index contributed by atoms with van der Waals surface area (Å²) in [6, 6.07) is 15.3. The summed E-state index contributed by atoms with van der Waals surface area (Å²) in [5.74, 6) is 1.41. The first-order valence-electron chi connectivity index (χ1n) is 9.84. The highest BCUT2D eigenvalue weighted by Crippen LogP contribution is 2.41. The summed E-state index contributed by atoms with van der Waals surface area (Å²) >= 11 is 0. The number of para-hydroxylation sites is 1. The van der Waals surface area contributed by atoms with Crippen molar-refractivity contribution in [3.05, 3.63) is 66.1 Å². The number of rotatable bonds is 8. The Labute approximate surface area is 179 Å². The van der Waals surface area contributed by atoms with Gasteiger partial charge in [0.25, 0.3) is 5.91 Å². The van der Waals surface area contributed by atoms with Gasteiger partial charge in [-0.3, -0.25) is 4.79 Å². The highest BCUT2D eigenvalue weighted by molar-refractivity contribution is 6.02. The average Bonchev–Trinajstić information content (AvgIpc) is 3.46. The van der Waals surface area contributed by atoms with Crippen molar-refractivity contribution in [1.82, 2.24) is 20.1 Å². The summed E-state index contributed by atoms with van der Waals surface area (Å²) in [6.45, 7) is 0.456. The first-order chi connectivity index (χ1) is 15.1. The number of fused-ring (bicyclic) bond motifs is 1. The lowest BCUT2D eigenvalue weighted by atomic mass is 10.2. The second kappa shape index (κ2) is 8.83. The molecule has 0 aliphatic carbocycles. The molecule has 2 N–H and O–H groups in total. The average molecular weight is 420 g/mol. The van der Waals surface area contributed by atoms with Gasteiger partial charge in [0.2, 0.25) is 0 Å². The molecule has 2 aromatic carbocycles. The van der Waals surface area contributed by atoms with Crippen molar-refractivity contribution >= 4 is 16.8 Å². The van der Waals surface area contributed by atoms with Gasteiger partial charge in [0.15, 0.2) is 11.5 Å². The minimum Gasteiger partial charge on any atom is -0.496 e. The zero-order valence-electron chi connectivity index (χ0n) is 17.6. The minimum absolute atomic E-state index is 0.221. The van der Waals surface area contributed by atoms with Crippen LogP contribution in [0, 0.1) is 0 Å². The molecule has 0 atom stereocenters. The molecule has 0 saturated heterocycles. The summed E-state index contributed by atoms with van der Waals surface area (Å²) < 4.78 is 18.1. The Morgan fingerprint density at radius 2 is 1.81 bits per heavy atom. The van der Waals surface area contributed by atoms with Crippen LogP contribution in [-0.2, 0) is 6.42 Å². The number of nitrogens with one attached hydrogen (secondary N) is 2. The Morgan fingerprint density at radius 1 is 1.03 bits per heavy atom. The molecule has 4 rings (SSSR count). The maximum absolute atomic E-state index is 12.7. The van der Waals surface area contributed by atoms with Crippen LogP contribution in [0.5, 0.6) is 17.2 Å². The Bertz CT molecular complexity index is 1200. The van der Waals surface area contributed by atoms with Gasteiger partial charge in [0.1, 0.15) is 11.4 Å². The van der Waals surface area contributed by atoms with Crippen LogP contribution in [0.25, 0.3) is 16.6 Å². The fraction of sp³-hybridized carbons (Fsp3) is 0.217. The van der Waals surface area contributed by atoms with Crippen molar-refractivity contribution in [2.24, 2.45) is 0 Å². The SMILES string of the molecule is COc1cc(OC)c2cc(C(=O)NCCc3ccn(-c4ccccc4)n3)[nH]c2c1OC. The molecule has 160 valence electrons. The summed E-state index contributed by atoms with van der Waals surface area (Å²) in [4.78, 5) is 15.8. The van der Waals surface area contributed by atoms with Gasteiger partial charge in [-0.1, -0.05) is 18.2 Å². The first-order valence-corrected chi connectivity index (χ1v) is 9.84. The quantitative estimate of drug-likeness (QED) is 0.456. The number of H-pyrrole nitrogens is 1. The molecule has 4 aromatic rings. The van der Waals surface area contributed by atoms with Crippen molar-refractivity contribution in [3.8, 4) is 22.9 Å². The topological polar surface area (TPSA) is 90.4 Å². The minimum atomic E-state index is -0.221. The second-order valence-electron chi connectivity index (χ2n) is 6.88. The van der Waals surface area contributed by atoms with Crippen LogP contribution in [0.4, 0.5) is 0 Å². The highest BCUT2D eigenvalue weighted by atomic mass is 16.5.